The molecule has 760 valence electrons. The number of methoxy groups -OCH3 is 7. The highest BCUT2D eigenvalue weighted by Crippen LogP contribution is 2.65. The third-order valence-electron chi connectivity index (χ3n) is 29.5. The number of carbonyl (C=O) groups excluding carboxylic acids is 22. The Hall–Kier alpha value is -12.9. The Morgan fingerprint density at radius 1 is 0.277 bits per heavy atom. The molecule has 141 heavy (non-hydrogen) atoms. The highest BCUT2D eigenvalue weighted by Gasteiger charge is 2.78. The van der Waals surface area contributed by atoms with E-state index in [9.17, 15) is 105 Å². The molecule has 0 aromatic carbocycles. The second-order valence-corrected chi connectivity index (χ2v) is 39.6. The molecule has 0 amide bonds. The Balaban J connectivity index is 0.000000124. The second kappa shape index (κ2) is 40.3. The maximum atomic E-state index is 12.0. The molecule has 15 saturated heterocycles. The smallest absolute Gasteiger partial charge is 0.344 e. The summed E-state index contributed by atoms with van der Waals surface area (Å²) in [5.41, 5.74) is 0.945. The van der Waals surface area contributed by atoms with E-state index in [2.05, 4.69) is 50.8 Å². The topological polar surface area (TPSA) is 597 Å². The molecular formula is C93H100O46S2. The molecule has 6 saturated carbocycles. The lowest BCUT2D eigenvalue weighted by atomic mass is 9.78. The van der Waals surface area contributed by atoms with Crippen LogP contribution in [-0.4, -0.2) is 319 Å². The maximum absolute atomic E-state index is 12.0. The van der Waals surface area contributed by atoms with Crippen molar-refractivity contribution in [3.8, 4) is 0 Å². The van der Waals surface area contributed by atoms with Gasteiger partial charge in [-0.3, -0.25) is 67.1 Å². The van der Waals surface area contributed by atoms with Gasteiger partial charge < -0.3 is 114 Å². The summed E-state index contributed by atoms with van der Waals surface area (Å²) in [5, 5.41) is -0.858. The normalized spacial score (nSPS) is 40.1. The van der Waals surface area contributed by atoms with Crippen LogP contribution < -0.4 is 0 Å². The fraction of sp³-hybridized carbons (Fsp3) is 0.613. The predicted octanol–water partition coefficient (Wildman–Crippen LogP) is -0.485. The zero-order chi connectivity index (χ0) is 103. The number of fused-ring (bicyclic) bond motifs is 7. The number of carbonyl (C=O) groups is 22. The molecule has 21 aliphatic rings. The average molecular weight is 2020 g/mol. The van der Waals surface area contributed by atoms with Crippen LogP contribution in [0, 0.1) is 118 Å². The van der Waals surface area contributed by atoms with Crippen LogP contribution >= 0.6 is 23.5 Å². The lowest BCUT2D eigenvalue weighted by Gasteiger charge is -2.29. The molecule has 42 unspecified atom stereocenters. The molecule has 6 aliphatic carbocycles. The lowest BCUT2D eigenvalue weighted by molar-refractivity contribution is -0.171. The van der Waals surface area contributed by atoms with Gasteiger partial charge in [0.25, 0.3) is 0 Å². The maximum Gasteiger partial charge on any atom is 0.344 e. The third-order valence-corrected chi connectivity index (χ3v) is 33.0. The van der Waals surface area contributed by atoms with Crippen molar-refractivity contribution in [2.75, 3.05) is 56.4 Å². The molecule has 0 spiro atoms. The number of hydrogen-bond donors (Lipinski definition) is 0. The quantitative estimate of drug-likeness (QED) is 0.0708. The summed E-state index contributed by atoms with van der Waals surface area (Å²) in [7, 11) is 8.87. The van der Waals surface area contributed by atoms with Crippen LogP contribution in [0.1, 0.15) is 47.0 Å². The molecule has 48 heteroatoms. The minimum atomic E-state index is -0.795. The van der Waals surface area contributed by atoms with Gasteiger partial charge in [-0.05, 0) is 47.0 Å². The Kier molecular flexibility index (Phi) is 29.3. The lowest BCUT2D eigenvalue weighted by Crippen LogP contribution is -2.47. The largest absolute Gasteiger partial charge is 0.469 e. The van der Waals surface area contributed by atoms with Gasteiger partial charge in [-0.2, -0.15) is 0 Å². The summed E-state index contributed by atoms with van der Waals surface area (Å²) in [4.78, 5) is 258. The third kappa shape index (κ3) is 17.6. The molecular weight excluding hydrogens is 1920 g/mol. The number of rotatable bonds is 23. The molecule has 46 nitrogen and oxygen atoms in total. The summed E-state index contributed by atoms with van der Waals surface area (Å²) >= 11 is 2.94. The zero-order valence-corrected chi connectivity index (χ0v) is 79.0. The van der Waals surface area contributed by atoms with Gasteiger partial charge in [0, 0.05) is 76.0 Å². The van der Waals surface area contributed by atoms with E-state index in [-0.39, 0.29) is 90.7 Å². The van der Waals surface area contributed by atoms with E-state index in [1.807, 2.05) is 0 Å². The van der Waals surface area contributed by atoms with Crippen molar-refractivity contribution >= 4 is 155 Å². The van der Waals surface area contributed by atoms with E-state index in [1.165, 1.54) is 87.1 Å². The molecule has 21 fully saturated rings. The Labute approximate surface area is 809 Å². The van der Waals surface area contributed by atoms with Crippen molar-refractivity contribution in [1.29, 1.82) is 0 Å². The molecule has 15 aliphatic heterocycles. The minimum absolute atomic E-state index is 0.0517. The number of thioether (sulfide) groups is 2. The number of hydrogen-bond acceptors (Lipinski definition) is 48. The van der Waals surface area contributed by atoms with Crippen LogP contribution in [0.25, 0.3) is 0 Å². The minimum Gasteiger partial charge on any atom is -0.469 e. The van der Waals surface area contributed by atoms with Gasteiger partial charge in [-0.1, -0.05) is 46.1 Å². The monoisotopic (exact) mass is 2020 g/mol. The molecule has 0 aromatic rings. The highest BCUT2D eigenvalue weighted by molar-refractivity contribution is 8.01. The molecule has 15 heterocycles. The van der Waals surface area contributed by atoms with Crippen LogP contribution in [0.2, 0.25) is 0 Å². The van der Waals surface area contributed by atoms with E-state index in [1.54, 1.807) is 13.8 Å². The number of ether oxygens (including phenoxy) is 24. The van der Waals surface area contributed by atoms with Crippen molar-refractivity contribution in [3.05, 3.63) is 86.6 Å². The van der Waals surface area contributed by atoms with Crippen molar-refractivity contribution < 1.29 is 219 Å². The standard InChI is InChI=1S/C16H18O8.C14H16O6.C13H14O7.C13H14O6S.C13H14O6.C12H12O7.C12H12O6S/c1-6(2)14(18)22-5-9(17)23-12-7-4-8-11(10(7)15(19)21-3)16(20)24-13(8)12;1-5(2)12(15)19-10-6-4-7-9(8(6)13(16)18-3)14(17)20-11(7)10;1-4(2)11(14)19-9-7-5(12(15)17-3)6-8(18-7)10(9)20-13(6)16;1-4(2)11(14)18-7-8-10-6(13(16)19-8)5(9(7)20-10)12(15)17-3;1-3-7(14)18-10-5-4-6-9(8(5)12(15)17-2)13(16)19-11(6)10;1-3-4(13)17-9-7-5(11(14)16-2)6-8(18-7)10(9)19-12(6)15;1-3-4(13)17-7-8-10-6(12(15)18-8)5(9(7)19-10)11(14)16-2/h7-8,10-13H,1,4-5H2,2-3H3;6-11H,1,4H2,2-3H3;2*5-10H,1H2,2-3H3;3,5-6,8-11H,1,4H2,2H3;2*3,5-10H,1H2,2H3. The van der Waals surface area contributed by atoms with E-state index in [4.69, 9.17) is 109 Å². The second-order valence-electron chi connectivity index (χ2n) is 36.9. The first-order valence-corrected chi connectivity index (χ1v) is 46.5. The van der Waals surface area contributed by atoms with E-state index >= 15 is 0 Å². The molecule has 0 N–H and O–H groups in total. The molecule has 42 atom stereocenters. The number of esters is 22. The van der Waals surface area contributed by atoms with Crippen molar-refractivity contribution in [3.63, 3.8) is 0 Å². The molecule has 0 aromatic heterocycles. The van der Waals surface area contributed by atoms with Crippen molar-refractivity contribution in [1.82, 2.24) is 0 Å². The van der Waals surface area contributed by atoms with E-state index in [0.29, 0.717) is 19.3 Å². The average Bonchev–Trinajstić information content (AvgIpc) is 1.53. The predicted molar refractivity (Wildman–Crippen MR) is 455 cm³/mol. The first-order valence-electron chi connectivity index (χ1n) is 44.7. The van der Waals surface area contributed by atoms with Gasteiger partial charge in [-0.15, -0.1) is 23.5 Å². The van der Waals surface area contributed by atoms with Crippen molar-refractivity contribution in [2.45, 2.75) is 178 Å². The van der Waals surface area contributed by atoms with Crippen LogP contribution in [0.3, 0.4) is 0 Å². The van der Waals surface area contributed by atoms with Crippen molar-refractivity contribution in [2.24, 2.45) is 118 Å². The summed E-state index contributed by atoms with van der Waals surface area (Å²) in [5.74, 6) is -20.7. The van der Waals surface area contributed by atoms with Gasteiger partial charge in [0.1, 0.15) is 84.7 Å². The Bertz CT molecular complexity index is 4950. The van der Waals surface area contributed by atoms with Crippen LogP contribution in [-0.2, 0) is 219 Å². The Morgan fingerprint density at radius 3 is 0.865 bits per heavy atom. The van der Waals surface area contributed by atoms with Gasteiger partial charge in [0.15, 0.2) is 55.4 Å². The fourth-order valence-electron chi connectivity index (χ4n) is 24.0. The summed E-state index contributed by atoms with van der Waals surface area (Å²) in [6.07, 6.45) is -5.83. The summed E-state index contributed by atoms with van der Waals surface area (Å²) < 4.78 is 123. The zero-order valence-electron chi connectivity index (χ0n) is 77.4. The van der Waals surface area contributed by atoms with Gasteiger partial charge >= 0.3 is 131 Å². The fourth-order valence-corrected chi connectivity index (χ4v) is 28.0. The van der Waals surface area contributed by atoms with Gasteiger partial charge in [0.2, 0.25) is 0 Å². The first kappa shape index (κ1) is 103. The highest BCUT2D eigenvalue weighted by atomic mass is 32.2. The van der Waals surface area contributed by atoms with Crippen LogP contribution in [0.4, 0.5) is 0 Å². The van der Waals surface area contributed by atoms with Crippen LogP contribution in [0.5, 0.6) is 0 Å². The molecule has 21 rings (SSSR count). The molecule has 0 radical (unpaired) electrons. The van der Waals surface area contributed by atoms with Crippen LogP contribution in [0.15, 0.2) is 86.6 Å². The van der Waals surface area contributed by atoms with Gasteiger partial charge in [-0.25, -0.2) is 38.4 Å². The SMILES string of the molecule is C=C(C)C(=O)OC1C2CC3C1OC(=O)C3C2C(=O)OC.C=C(C)C(=O)OC1C2OC(=O)C3C2OC1C3C(=O)OC.C=C(C)C(=O)OC1C2OC(=O)C3C2SC1C3C(=O)OC.C=C(C)C(=O)OCC(=O)OC1C2CC3C1OC(=O)C3C2C(=O)OC.C=CC(=O)OC1C2CC3C1OC(=O)C3C2C(=O)OC.C=CC(=O)OC1C2OC(=O)C3C2OC1C3C(=O)OC.C=CC(=O)OC1C2OC(=O)C3C2SC1C3C(=O)OC. The van der Waals surface area contributed by atoms with E-state index in [0.717, 1.165) is 18.2 Å². The van der Waals surface area contributed by atoms with Gasteiger partial charge in [0.05, 0.1) is 130 Å². The molecule has 14 bridgehead atoms. The first-order chi connectivity index (χ1) is 66.9. The summed E-state index contributed by atoms with van der Waals surface area (Å²) in [6, 6.07) is 0. The Morgan fingerprint density at radius 2 is 0.532 bits per heavy atom. The summed E-state index contributed by atoms with van der Waals surface area (Å²) in [6.45, 7) is 29.4. The van der Waals surface area contributed by atoms with E-state index < -0.39 is 319 Å².